The number of fused-ring (bicyclic) bond motifs is 1. The number of esters is 1. The first-order valence-electron chi connectivity index (χ1n) is 9.69. The van der Waals surface area contributed by atoms with Gasteiger partial charge in [-0.1, -0.05) is 0 Å². The molecule has 0 aliphatic heterocycles. The van der Waals surface area contributed by atoms with Gasteiger partial charge in [0.1, 0.15) is 24.5 Å². The molecule has 0 saturated heterocycles. The number of H-pyrrole nitrogens is 1. The highest BCUT2D eigenvalue weighted by molar-refractivity contribution is 7.89. The zero-order valence-electron chi connectivity index (χ0n) is 16.7. The largest absolute Gasteiger partial charge is 0.459 e. The maximum Gasteiger partial charge on any atom is 0.341 e. The monoisotopic (exact) mass is 426 g/mol. The van der Waals surface area contributed by atoms with Crippen LogP contribution in [-0.2, 0) is 14.8 Å². The Kier molecular flexibility index (Phi) is 6.74. The molecule has 160 valence electrons. The van der Waals surface area contributed by atoms with E-state index in [1.165, 1.54) is 13.2 Å². The van der Waals surface area contributed by atoms with Gasteiger partial charge in [0.15, 0.2) is 0 Å². The first kappa shape index (κ1) is 21.5. The van der Waals surface area contributed by atoms with E-state index in [9.17, 15) is 17.6 Å². The lowest BCUT2D eigenvalue weighted by atomic mass is 9.86. The Morgan fingerprint density at radius 2 is 2.10 bits per heavy atom. The summed E-state index contributed by atoms with van der Waals surface area (Å²) in [5, 5.41) is 0.794. The molecule has 0 aromatic carbocycles. The highest BCUT2D eigenvalue weighted by Gasteiger charge is 2.30. The van der Waals surface area contributed by atoms with Gasteiger partial charge in [-0.25, -0.2) is 27.3 Å². The molecule has 29 heavy (non-hydrogen) atoms. The summed E-state index contributed by atoms with van der Waals surface area (Å²) in [6, 6.07) is 2.00. The van der Waals surface area contributed by atoms with Gasteiger partial charge in [-0.05, 0) is 44.7 Å². The number of aromatic amines is 1. The molecule has 1 aliphatic carbocycles. The fraction of sp³-hybridized carbons (Fsp3) is 0.579. The third-order valence-corrected chi connectivity index (χ3v) is 7.10. The van der Waals surface area contributed by atoms with Crippen LogP contribution in [0.2, 0.25) is 0 Å². The zero-order chi connectivity index (χ0) is 21.0. The van der Waals surface area contributed by atoms with E-state index in [0.717, 1.165) is 31.1 Å². The number of nitrogens with zero attached hydrogens (tertiary/aromatic N) is 2. The lowest BCUT2D eigenvalue weighted by Crippen LogP contribution is -2.38. The number of carbonyl (C=O) groups is 1. The van der Waals surface area contributed by atoms with Gasteiger partial charge < -0.3 is 14.6 Å². The van der Waals surface area contributed by atoms with Crippen molar-refractivity contribution in [3.8, 4) is 0 Å². The Balaban J connectivity index is 1.81. The van der Waals surface area contributed by atoms with E-state index in [1.807, 2.05) is 18.0 Å². The van der Waals surface area contributed by atoms with Gasteiger partial charge in [-0.3, -0.25) is 0 Å². The third kappa shape index (κ3) is 4.87. The fourth-order valence-electron chi connectivity index (χ4n) is 4.01. The van der Waals surface area contributed by atoms with Crippen LogP contribution in [0.5, 0.6) is 0 Å². The summed E-state index contributed by atoms with van der Waals surface area (Å²) in [4.78, 5) is 21.8. The van der Waals surface area contributed by atoms with Gasteiger partial charge in [0.25, 0.3) is 0 Å². The molecular formula is C19H27FN4O4S. The van der Waals surface area contributed by atoms with Crippen LogP contribution >= 0.6 is 0 Å². The number of sulfonamides is 1. The quantitative estimate of drug-likeness (QED) is 0.628. The van der Waals surface area contributed by atoms with Crippen LogP contribution in [-0.4, -0.2) is 63.5 Å². The van der Waals surface area contributed by atoms with Crippen molar-refractivity contribution in [2.45, 2.75) is 31.7 Å². The SMILES string of the molecule is CNS(=O)(=O)C[C@H]1CC[C@H](N(C)c2c(C(=O)OCCF)cnc3[nH]ccc23)CC1. The fourth-order valence-corrected chi connectivity index (χ4v) is 5.13. The Labute approximate surface area is 169 Å². The second kappa shape index (κ2) is 9.08. The van der Waals surface area contributed by atoms with Crippen molar-refractivity contribution >= 4 is 32.7 Å². The summed E-state index contributed by atoms with van der Waals surface area (Å²) in [6.45, 7) is -1.03. The molecule has 1 fully saturated rings. The summed E-state index contributed by atoms with van der Waals surface area (Å²) in [5.74, 6) is -0.345. The van der Waals surface area contributed by atoms with Crippen molar-refractivity contribution in [2.75, 3.05) is 38.0 Å². The molecule has 10 heteroatoms. The minimum atomic E-state index is -3.22. The summed E-state index contributed by atoms with van der Waals surface area (Å²) in [5.41, 5.74) is 1.65. The average molecular weight is 427 g/mol. The van der Waals surface area contributed by atoms with Crippen LogP contribution in [0.1, 0.15) is 36.0 Å². The Morgan fingerprint density at radius 3 is 2.76 bits per heavy atom. The molecule has 0 spiro atoms. The minimum absolute atomic E-state index is 0.121. The molecule has 1 saturated carbocycles. The van der Waals surface area contributed by atoms with E-state index in [2.05, 4.69) is 14.7 Å². The lowest BCUT2D eigenvalue weighted by molar-refractivity contribution is 0.0481. The molecule has 1 aliphatic rings. The van der Waals surface area contributed by atoms with E-state index >= 15 is 0 Å². The molecule has 0 atom stereocenters. The topological polar surface area (TPSA) is 104 Å². The molecule has 2 heterocycles. The van der Waals surface area contributed by atoms with E-state index in [0.29, 0.717) is 16.9 Å². The number of ether oxygens (including phenoxy) is 1. The average Bonchev–Trinajstić information content (AvgIpc) is 3.20. The van der Waals surface area contributed by atoms with Crippen molar-refractivity contribution in [1.82, 2.24) is 14.7 Å². The number of nitrogens with one attached hydrogen (secondary N) is 2. The molecule has 8 nitrogen and oxygen atoms in total. The van der Waals surface area contributed by atoms with Crippen LogP contribution in [0.15, 0.2) is 18.5 Å². The van der Waals surface area contributed by atoms with E-state index in [1.54, 1.807) is 6.20 Å². The van der Waals surface area contributed by atoms with Gasteiger partial charge in [-0.15, -0.1) is 0 Å². The first-order chi connectivity index (χ1) is 13.9. The molecule has 0 radical (unpaired) electrons. The second-order valence-corrected chi connectivity index (χ2v) is 9.33. The Morgan fingerprint density at radius 1 is 1.38 bits per heavy atom. The molecule has 2 N–H and O–H groups in total. The molecule has 2 aromatic rings. The molecule has 0 unspecified atom stereocenters. The van der Waals surface area contributed by atoms with E-state index in [4.69, 9.17) is 4.74 Å². The van der Waals surface area contributed by atoms with E-state index in [-0.39, 0.29) is 24.3 Å². The number of rotatable bonds is 8. The first-order valence-corrected chi connectivity index (χ1v) is 11.3. The third-order valence-electron chi connectivity index (χ3n) is 5.57. The Bertz CT molecular complexity index is 954. The molecule has 0 bridgehead atoms. The smallest absolute Gasteiger partial charge is 0.341 e. The summed E-state index contributed by atoms with van der Waals surface area (Å²) in [7, 11) is 0.129. The van der Waals surface area contributed by atoms with Crippen molar-refractivity contribution in [3.05, 3.63) is 24.0 Å². The number of hydrogen-bond donors (Lipinski definition) is 2. The van der Waals surface area contributed by atoms with Crippen molar-refractivity contribution in [1.29, 1.82) is 0 Å². The van der Waals surface area contributed by atoms with Crippen LogP contribution in [0, 0.1) is 5.92 Å². The van der Waals surface area contributed by atoms with Crippen LogP contribution in [0.25, 0.3) is 11.0 Å². The standard InChI is InChI=1S/C19H27FN4O4S/c1-21-29(26,27)12-13-3-5-14(6-4-13)24(2)17-15-7-9-22-18(15)23-11-16(17)19(25)28-10-8-20/h7,9,11,13-14,21H,3-6,8,10,12H2,1-2H3,(H,22,23)/t13-,14-. The summed E-state index contributed by atoms with van der Waals surface area (Å²) in [6.07, 6.45) is 6.42. The van der Waals surface area contributed by atoms with E-state index < -0.39 is 22.7 Å². The number of pyridine rings is 1. The lowest BCUT2D eigenvalue weighted by Gasteiger charge is -2.36. The number of carbonyl (C=O) groups excluding carboxylic acids is 1. The molecule has 0 amide bonds. The highest BCUT2D eigenvalue weighted by Crippen LogP contribution is 2.35. The van der Waals surface area contributed by atoms with Gasteiger partial charge in [-0.2, -0.15) is 0 Å². The van der Waals surface area contributed by atoms with Gasteiger partial charge in [0.05, 0.1) is 11.4 Å². The molecular weight excluding hydrogens is 399 g/mol. The molecule has 3 rings (SSSR count). The molecule has 2 aromatic heterocycles. The second-order valence-electron chi connectivity index (χ2n) is 7.36. The number of hydrogen-bond acceptors (Lipinski definition) is 6. The van der Waals surface area contributed by atoms with Crippen LogP contribution in [0.3, 0.4) is 0 Å². The Hall–Kier alpha value is -2.20. The maximum absolute atomic E-state index is 12.5. The predicted molar refractivity (Wildman–Crippen MR) is 109 cm³/mol. The number of anilines is 1. The van der Waals surface area contributed by atoms with Crippen LogP contribution < -0.4 is 9.62 Å². The predicted octanol–water partition coefficient (Wildman–Crippen LogP) is 2.23. The highest BCUT2D eigenvalue weighted by atomic mass is 32.2. The van der Waals surface area contributed by atoms with Crippen molar-refractivity contribution < 1.29 is 22.3 Å². The summed E-state index contributed by atoms with van der Waals surface area (Å²) < 4.78 is 43.5. The number of halogens is 1. The minimum Gasteiger partial charge on any atom is -0.459 e. The van der Waals surface area contributed by atoms with Crippen LogP contribution in [0.4, 0.5) is 10.1 Å². The summed E-state index contributed by atoms with van der Waals surface area (Å²) >= 11 is 0. The number of alkyl halides is 1. The zero-order valence-corrected chi connectivity index (χ0v) is 17.5. The van der Waals surface area contributed by atoms with Crippen molar-refractivity contribution in [3.63, 3.8) is 0 Å². The van der Waals surface area contributed by atoms with Gasteiger partial charge in [0, 0.05) is 30.9 Å². The van der Waals surface area contributed by atoms with Crippen molar-refractivity contribution in [2.24, 2.45) is 5.92 Å². The maximum atomic E-state index is 12.5. The van der Waals surface area contributed by atoms with Gasteiger partial charge >= 0.3 is 5.97 Å². The number of aromatic nitrogens is 2. The van der Waals surface area contributed by atoms with Gasteiger partial charge in [0.2, 0.25) is 10.0 Å². The normalized spacial score (nSPS) is 20.0.